The summed E-state index contributed by atoms with van der Waals surface area (Å²) in [6.45, 7) is 0. The maximum Gasteiger partial charge on any atom is 0.343 e. The van der Waals surface area contributed by atoms with Gasteiger partial charge in [0.2, 0.25) is 0 Å². The number of rotatable bonds is 3. The van der Waals surface area contributed by atoms with Crippen molar-refractivity contribution in [1.82, 2.24) is 0 Å². The maximum absolute atomic E-state index is 12.9. The van der Waals surface area contributed by atoms with Crippen molar-refractivity contribution in [2.24, 2.45) is 0 Å². The summed E-state index contributed by atoms with van der Waals surface area (Å²) in [5.74, 6) is -0.891. The average Bonchev–Trinajstić information content (AvgIpc) is 2.55. The number of fused-ring (bicyclic) bond motifs is 1. The zero-order valence-corrected chi connectivity index (χ0v) is 11.5. The lowest BCUT2D eigenvalue weighted by Crippen LogP contribution is -2.10. The van der Waals surface area contributed by atoms with Gasteiger partial charge in [0.1, 0.15) is 11.6 Å². The number of carbonyl (C=O) groups excluding carboxylic acids is 2. The first kappa shape index (κ1) is 13.9. The zero-order chi connectivity index (χ0) is 15.5. The van der Waals surface area contributed by atoms with Crippen LogP contribution in [-0.2, 0) is 0 Å². The summed E-state index contributed by atoms with van der Waals surface area (Å²) in [5.41, 5.74) is 0.528. The number of carbonyl (C=O) groups is 2. The molecule has 0 saturated heterocycles. The highest BCUT2D eigenvalue weighted by atomic mass is 19.1. The molecule has 0 saturated carbocycles. The summed E-state index contributed by atoms with van der Waals surface area (Å²) in [6.07, 6.45) is 0.662. The van der Waals surface area contributed by atoms with Gasteiger partial charge in [-0.3, -0.25) is 4.79 Å². The molecule has 0 aliphatic carbocycles. The van der Waals surface area contributed by atoms with Crippen LogP contribution in [-0.4, -0.2) is 12.3 Å². The molecule has 0 unspecified atom stereocenters. The third-order valence-corrected chi connectivity index (χ3v) is 3.33. The van der Waals surface area contributed by atoms with E-state index >= 15 is 0 Å². The molecule has 0 spiro atoms. The van der Waals surface area contributed by atoms with Gasteiger partial charge >= 0.3 is 5.97 Å². The minimum atomic E-state index is -0.640. The van der Waals surface area contributed by atoms with Gasteiger partial charge in [-0.05, 0) is 41.1 Å². The van der Waals surface area contributed by atoms with E-state index in [1.807, 2.05) is 12.1 Å². The summed E-state index contributed by atoms with van der Waals surface area (Å²) < 4.78 is 18.1. The molecule has 0 amide bonds. The van der Waals surface area contributed by atoms with Crippen molar-refractivity contribution in [2.45, 2.75) is 0 Å². The van der Waals surface area contributed by atoms with Crippen LogP contribution in [0.1, 0.15) is 20.7 Å². The van der Waals surface area contributed by atoms with E-state index in [9.17, 15) is 14.0 Å². The molecule has 22 heavy (non-hydrogen) atoms. The second kappa shape index (κ2) is 5.77. The summed E-state index contributed by atoms with van der Waals surface area (Å²) in [4.78, 5) is 23.4. The van der Waals surface area contributed by atoms with Gasteiger partial charge in [-0.1, -0.05) is 30.3 Å². The second-order valence-electron chi connectivity index (χ2n) is 4.71. The number of aldehydes is 1. The molecule has 0 aromatic heterocycles. The topological polar surface area (TPSA) is 43.4 Å². The van der Waals surface area contributed by atoms with Gasteiger partial charge in [-0.25, -0.2) is 9.18 Å². The van der Waals surface area contributed by atoms with Crippen molar-refractivity contribution < 1.29 is 18.7 Å². The summed E-state index contributed by atoms with van der Waals surface area (Å²) in [7, 11) is 0. The minimum absolute atomic E-state index is 0.183. The van der Waals surface area contributed by atoms with E-state index in [1.54, 1.807) is 24.3 Å². The quantitative estimate of drug-likeness (QED) is 0.416. The van der Waals surface area contributed by atoms with Gasteiger partial charge in [0.25, 0.3) is 0 Å². The predicted octanol–water partition coefficient (Wildman–Crippen LogP) is 4.01. The summed E-state index contributed by atoms with van der Waals surface area (Å²) >= 11 is 0. The van der Waals surface area contributed by atoms with E-state index in [1.165, 1.54) is 24.3 Å². The van der Waals surface area contributed by atoms with E-state index in [-0.39, 0.29) is 11.3 Å². The Hall–Kier alpha value is -3.01. The molecule has 0 atom stereocenters. The van der Waals surface area contributed by atoms with Crippen LogP contribution in [0.4, 0.5) is 4.39 Å². The number of hydrogen-bond acceptors (Lipinski definition) is 3. The van der Waals surface area contributed by atoms with Crippen molar-refractivity contribution in [3.8, 4) is 5.75 Å². The van der Waals surface area contributed by atoms with E-state index < -0.39 is 11.8 Å². The molecule has 0 fully saturated rings. The molecule has 0 radical (unpaired) electrons. The van der Waals surface area contributed by atoms with E-state index in [4.69, 9.17) is 4.74 Å². The molecular weight excluding hydrogens is 283 g/mol. The molecule has 3 rings (SSSR count). The molecule has 0 N–H and O–H groups in total. The van der Waals surface area contributed by atoms with Crippen LogP contribution in [0.3, 0.4) is 0 Å². The Balaban J connectivity index is 1.98. The largest absolute Gasteiger partial charge is 0.422 e. The van der Waals surface area contributed by atoms with Gasteiger partial charge in [0.05, 0.1) is 11.1 Å². The standard InChI is InChI=1S/C18H11FO3/c19-14-8-5-13(6-9-14)18(21)22-17-10-7-12-3-1-2-4-15(12)16(17)11-20/h1-11H. The second-order valence-corrected chi connectivity index (χ2v) is 4.71. The van der Waals surface area contributed by atoms with Crippen molar-refractivity contribution in [1.29, 1.82) is 0 Å². The Morgan fingerprint density at radius 1 is 0.955 bits per heavy atom. The Morgan fingerprint density at radius 3 is 2.41 bits per heavy atom. The molecule has 0 aliphatic rings. The molecule has 108 valence electrons. The van der Waals surface area contributed by atoms with Crippen LogP contribution >= 0.6 is 0 Å². The smallest absolute Gasteiger partial charge is 0.343 e. The molecule has 0 aliphatic heterocycles. The first-order chi connectivity index (χ1) is 10.7. The highest BCUT2D eigenvalue weighted by Crippen LogP contribution is 2.27. The first-order valence-electron chi connectivity index (χ1n) is 6.64. The zero-order valence-electron chi connectivity index (χ0n) is 11.5. The van der Waals surface area contributed by atoms with Crippen LogP contribution in [0.5, 0.6) is 5.75 Å². The fourth-order valence-corrected chi connectivity index (χ4v) is 2.23. The lowest BCUT2D eigenvalue weighted by molar-refractivity contribution is 0.0734. The fourth-order valence-electron chi connectivity index (χ4n) is 2.23. The van der Waals surface area contributed by atoms with Crippen molar-refractivity contribution >= 4 is 23.0 Å². The van der Waals surface area contributed by atoms with E-state index in [2.05, 4.69) is 0 Å². The lowest BCUT2D eigenvalue weighted by Gasteiger charge is -2.09. The van der Waals surface area contributed by atoms with Crippen LogP contribution in [0, 0.1) is 5.82 Å². The lowest BCUT2D eigenvalue weighted by atomic mass is 10.0. The molecular formula is C18H11FO3. The molecule has 4 heteroatoms. The third-order valence-electron chi connectivity index (χ3n) is 3.33. The minimum Gasteiger partial charge on any atom is -0.422 e. The van der Waals surface area contributed by atoms with Crippen molar-refractivity contribution in [3.05, 3.63) is 77.6 Å². The normalized spacial score (nSPS) is 10.4. The van der Waals surface area contributed by atoms with Crippen LogP contribution in [0.15, 0.2) is 60.7 Å². The monoisotopic (exact) mass is 294 g/mol. The third kappa shape index (κ3) is 2.59. The van der Waals surface area contributed by atoms with Crippen LogP contribution in [0.25, 0.3) is 10.8 Å². The van der Waals surface area contributed by atoms with Crippen molar-refractivity contribution in [2.75, 3.05) is 0 Å². The first-order valence-corrected chi connectivity index (χ1v) is 6.64. The number of halogens is 1. The SMILES string of the molecule is O=Cc1c(OC(=O)c2ccc(F)cc2)ccc2ccccc12. The van der Waals surface area contributed by atoms with Gasteiger partial charge in [-0.2, -0.15) is 0 Å². The fraction of sp³-hybridized carbons (Fsp3) is 0. The van der Waals surface area contributed by atoms with E-state index in [0.29, 0.717) is 17.2 Å². The maximum atomic E-state index is 12.9. The number of benzene rings is 3. The number of ether oxygens (including phenoxy) is 1. The Labute approximate surface area is 126 Å². The highest BCUT2D eigenvalue weighted by molar-refractivity contribution is 6.02. The molecule has 3 aromatic rings. The Morgan fingerprint density at radius 2 is 1.68 bits per heavy atom. The number of esters is 1. The average molecular weight is 294 g/mol. The Bertz CT molecular complexity index is 854. The van der Waals surface area contributed by atoms with Gasteiger partial charge in [-0.15, -0.1) is 0 Å². The highest BCUT2D eigenvalue weighted by Gasteiger charge is 2.13. The van der Waals surface area contributed by atoms with E-state index in [0.717, 1.165) is 5.39 Å². The Kier molecular flexibility index (Phi) is 3.66. The van der Waals surface area contributed by atoms with Crippen LogP contribution < -0.4 is 4.74 Å². The molecule has 3 aromatic carbocycles. The van der Waals surface area contributed by atoms with Crippen molar-refractivity contribution in [3.63, 3.8) is 0 Å². The molecule has 0 bridgehead atoms. The van der Waals surface area contributed by atoms with Gasteiger partial charge < -0.3 is 4.74 Å². The molecule has 3 nitrogen and oxygen atoms in total. The van der Waals surface area contributed by atoms with Gasteiger partial charge in [0, 0.05) is 0 Å². The predicted molar refractivity (Wildman–Crippen MR) is 80.7 cm³/mol. The summed E-state index contributed by atoms with van der Waals surface area (Å²) in [6, 6.07) is 15.7. The number of hydrogen-bond donors (Lipinski definition) is 0. The van der Waals surface area contributed by atoms with Crippen LogP contribution in [0.2, 0.25) is 0 Å². The van der Waals surface area contributed by atoms with Gasteiger partial charge in [0.15, 0.2) is 6.29 Å². The molecule has 0 heterocycles. The summed E-state index contributed by atoms with van der Waals surface area (Å²) in [5, 5.41) is 1.59.